The highest BCUT2D eigenvalue weighted by molar-refractivity contribution is 7.90. The SMILES string of the molecule is CS(=O)(=O)c1nccc(-n2cc3ccccc3n2)n1. The second-order valence-corrected chi connectivity index (χ2v) is 6.01. The highest BCUT2D eigenvalue weighted by Crippen LogP contribution is 2.14. The Labute approximate surface area is 109 Å². The van der Waals surface area contributed by atoms with Gasteiger partial charge in [0.15, 0.2) is 5.82 Å². The Balaban J connectivity index is 2.16. The Kier molecular flexibility index (Phi) is 2.56. The summed E-state index contributed by atoms with van der Waals surface area (Å²) in [5.74, 6) is 0.423. The van der Waals surface area contributed by atoms with Crippen molar-refractivity contribution >= 4 is 20.7 Å². The van der Waals surface area contributed by atoms with Crippen LogP contribution >= 0.6 is 0 Å². The molecule has 0 amide bonds. The molecule has 0 bridgehead atoms. The van der Waals surface area contributed by atoms with Gasteiger partial charge >= 0.3 is 0 Å². The van der Waals surface area contributed by atoms with E-state index in [1.807, 2.05) is 24.3 Å². The predicted octanol–water partition coefficient (Wildman–Crippen LogP) is 1.22. The third-order valence-electron chi connectivity index (χ3n) is 2.60. The van der Waals surface area contributed by atoms with Crippen molar-refractivity contribution in [2.45, 2.75) is 5.16 Å². The van der Waals surface area contributed by atoms with Crippen LogP contribution in [0.1, 0.15) is 0 Å². The fourth-order valence-electron chi connectivity index (χ4n) is 1.72. The number of aromatic nitrogens is 4. The molecule has 96 valence electrons. The second-order valence-electron chi connectivity index (χ2n) is 4.10. The van der Waals surface area contributed by atoms with E-state index in [0.717, 1.165) is 17.2 Å². The van der Waals surface area contributed by atoms with Crippen molar-refractivity contribution in [3.63, 3.8) is 0 Å². The Morgan fingerprint density at radius 3 is 2.68 bits per heavy atom. The maximum atomic E-state index is 11.4. The molecule has 0 fully saturated rings. The number of sulfone groups is 1. The van der Waals surface area contributed by atoms with Crippen LogP contribution < -0.4 is 0 Å². The second kappa shape index (κ2) is 4.13. The zero-order valence-corrected chi connectivity index (χ0v) is 10.9. The summed E-state index contributed by atoms with van der Waals surface area (Å²) in [5.41, 5.74) is 0.821. The molecular weight excluding hydrogens is 264 g/mol. The topological polar surface area (TPSA) is 77.7 Å². The molecule has 2 aromatic heterocycles. The van der Waals surface area contributed by atoms with Gasteiger partial charge in [-0.1, -0.05) is 18.2 Å². The van der Waals surface area contributed by atoms with Gasteiger partial charge in [0, 0.05) is 30.1 Å². The quantitative estimate of drug-likeness (QED) is 0.656. The minimum Gasteiger partial charge on any atom is -0.227 e. The lowest BCUT2D eigenvalue weighted by Crippen LogP contribution is -2.07. The Morgan fingerprint density at radius 2 is 1.95 bits per heavy atom. The van der Waals surface area contributed by atoms with E-state index in [1.54, 1.807) is 16.9 Å². The predicted molar refractivity (Wildman–Crippen MR) is 69.8 cm³/mol. The van der Waals surface area contributed by atoms with Crippen LogP contribution in [0.25, 0.3) is 16.7 Å². The van der Waals surface area contributed by atoms with Gasteiger partial charge in [0.2, 0.25) is 15.0 Å². The van der Waals surface area contributed by atoms with Gasteiger partial charge < -0.3 is 0 Å². The van der Waals surface area contributed by atoms with E-state index in [-0.39, 0.29) is 5.16 Å². The Hall–Kier alpha value is -2.28. The highest BCUT2D eigenvalue weighted by Gasteiger charge is 2.12. The summed E-state index contributed by atoms with van der Waals surface area (Å²) in [6, 6.07) is 9.22. The summed E-state index contributed by atoms with van der Waals surface area (Å²) < 4.78 is 24.4. The van der Waals surface area contributed by atoms with Gasteiger partial charge in [-0.2, -0.15) is 10.1 Å². The monoisotopic (exact) mass is 274 g/mol. The van der Waals surface area contributed by atoms with Crippen molar-refractivity contribution in [3.8, 4) is 5.82 Å². The lowest BCUT2D eigenvalue weighted by molar-refractivity contribution is 0.592. The molecule has 0 atom stereocenters. The van der Waals surface area contributed by atoms with E-state index in [2.05, 4.69) is 15.1 Å². The molecule has 0 aliphatic rings. The lowest BCUT2D eigenvalue weighted by Gasteiger charge is -2.01. The maximum Gasteiger partial charge on any atom is 0.248 e. The molecule has 3 aromatic rings. The summed E-state index contributed by atoms with van der Waals surface area (Å²) in [5, 5.41) is 5.09. The van der Waals surface area contributed by atoms with Crippen LogP contribution in [0.2, 0.25) is 0 Å². The van der Waals surface area contributed by atoms with Crippen molar-refractivity contribution in [3.05, 3.63) is 42.7 Å². The molecule has 0 aliphatic heterocycles. The van der Waals surface area contributed by atoms with Gasteiger partial charge in [-0.05, 0) is 6.07 Å². The Bertz CT molecular complexity index is 822. The molecule has 0 radical (unpaired) electrons. The molecule has 2 heterocycles. The summed E-state index contributed by atoms with van der Waals surface area (Å²) in [7, 11) is -3.43. The van der Waals surface area contributed by atoms with Crippen LogP contribution in [0.15, 0.2) is 47.9 Å². The van der Waals surface area contributed by atoms with Crippen LogP contribution in [-0.4, -0.2) is 34.4 Å². The van der Waals surface area contributed by atoms with Crippen LogP contribution in [0.5, 0.6) is 0 Å². The number of fused-ring (bicyclic) bond motifs is 1. The number of hydrogen-bond acceptors (Lipinski definition) is 5. The molecule has 0 unspecified atom stereocenters. The van der Waals surface area contributed by atoms with Gasteiger partial charge in [-0.25, -0.2) is 18.1 Å². The molecule has 0 aliphatic carbocycles. The zero-order chi connectivity index (χ0) is 13.5. The number of rotatable bonds is 2. The summed E-state index contributed by atoms with van der Waals surface area (Å²) in [4.78, 5) is 7.76. The molecule has 0 saturated carbocycles. The summed E-state index contributed by atoms with van der Waals surface area (Å²) >= 11 is 0. The van der Waals surface area contributed by atoms with Crippen molar-refractivity contribution in [2.75, 3.05) is 6.26 Å². The first-order chi connectivity index (χ1) is 9.04. The summed E-state index contributed by atoms with van der Waals surface area (Å²) in [6.07, 6.45) is 4.28. The zero-order valence-electron chi connectivity index (χ0n) is 10.1. The van der Waals surface area contributed by atoms with Crippen LogP contribution in [0.4, 0.5) is 0 Å². The normalized spacial score (nSPS) is 11.8. The van der Waals surface area contributed by atoms with E-state index in [1.165, 1.54) is 6.20 Å². The molecule has 19 heavy (non-hydrogen) atoms. The number of benzene rings is 1. The van der Waals surface area contributed by atoms with E-state index in [0.29, 0.717) is 5.82 Å². The molecule has 3 rings (SSSR count). The first-order valence-electron chi connectivity index (χ1n) is 5.52. The molecular formula is C12H10N4O2S. The first-order valence-corrected chi connectivity index (χ1v) is 7.41. The van der Waals surface area contributed by atoms with Crippen LogP contribution in [0, 0.1) is 0 Å². The van der Waals surface area contributed by atoms with Crippen LogP contribution in [0.3, 0.4) is 0 Å². The lowest BCUT2D eigenvalue weighted by atomic mass is 10.3. The largest absolute Gasteiger partial charge is 0.248 e. The molecule has 0 saturated heterocycles. The molecule has 6 nitrogen and oxygen atoms in total. The maximum absolute atomic E-state index is 11.4. The minimum atomic E-state index is -3.43. The van der Waals surface area contributed by atoms with Gasteiger partial charge in [0.25, 0.3) is 0 Å². The van der Waals surface area contributed by atoms with Gasteiger partial charge in [-0.15, -0.1) is 0 Å². The standard InChI is InChI=1S/C12H10N4O2S/c1-19(17,18)12-13-7-6-11(14-12)16-8-9-4-2-3-5-10(9)15-16/h2-8H,1H3. The summed E-state index contributed by atoms with van der Waals surface area (Å²) in [6.45, 7) is 0. The average molecular weight is 274 g/mol. The average Bonchev–Trinajstić information content (AvgIpc) is 2.81. The molecule has 0 spiro atoms. The fourth-order valence-corrected chi connectivity index (χ4v) is 2.23. The van der Waals surface area contributed by atoms with Crippen molar-refractivity contribution in [1.82, 2.24) is 19.7 Å². The fraction of sp³-hybridized carbons (Fsp3) is 0.0833. The third kappa shape index (κ3) is 2.19. The van der Waals surface area contributed by atoms with Crippen molar-refractivity contribution in [2.24, 2.45) is 0 Å². The number of hydrogen-bond donors (Lipinski definition) is 0. The van der Waals surface area contributed by atoms with E-state index in [9.17, 15) is 8.42 Å². The highest BCUT2D eigenvalue weighted by atomic mass is 32.2. The van der Waals surface area contributed by atoms with Gasteiger partial charge in [0.05, 0.1) is 5.52 Å². The van der Waals surface area contributed by atoms with Gasteiger partial charge in [0.1, 0.15) is 0 Å². The molecule has 7 heteroatoms. The van der Waals surface area contributed by atoms with E-state index in [4.69, 9.17) is 0 Å². The molecule has 1 aromatic carbocycles. The number of nitrogens with zero attached hydrogens (tertiary/aromatic N) is 4. The first kappa shape index (κ1) is 11.8. The molecule has 0 N–H and O–H groups in total. The van der Waals surface area contributed by atoms with Crippen molar-refractivity contribution < 1.29 is 8.42 Å². The van der Waals surface area contributed by atoms with E-state index < -0.39 is 9.84 Å². The van der Waals surface area contributed by atoms with Gasteiger partial charge in [-0.3, -0.25) is 0 Å². The minimum absolute atomic E-state index is 0.204. The Morgan fingerprint density at radius 1 is 1.16 bits per heavy atom. The third-order valence-corrected chi connectivity index (χ3v) is 3.46. The smallest absolute Gasteiger partial charge is 0.227 e. The van der Waals surface area contributed by atoms with E-state index >= 15 is 0 Å². The van der Waals surface area contributed by atoms with Crippen LogP contribution in [-0.2, 0) is 9.84 Å². The van der Waals surface area contributed by atoms with Crippen molar-refractivity contribution in [1.29, 1.82) is 0 Å².